The van der Waals surface area contributed by atoms with Crippen LogP contribution in [-0.4, -0.2) is 60.7 Å². The van der Waals surface area contributed by atoms with Gasteiger partial charge in [0.05, 0.1) is 36.8 Å². The number of carbonyl (C=O) groups is 4. The van der Waals surface area contributed by atoms with Crippen LogP contribution in [0, 0.1) is 0 Å². The largest absolute Gasteiger partial charge is 0.466 e. The standard InChI is InChI=1S/C23H24N2O7S/c1-30-21(27)14-20-25(19(26)15-33-20)10-6-12-32-23(29)17(13-16-7-3-2-4-8-16)24-22(28)18-9-5-11-31-18/h2-5,7-9,11,14,17H,6,10,12-13,15H2,1H3,(H,24,28)/b20-14+/t17-/m0/s1. The van der Waals surface area contributed by atoms with Crippen molar-refractivity contribution in [2.24, 2.45) is 0 Å². The van der Waals surface area contributed by atoms with Crippen LogP contribution in [0.3, 0.4) is 0 Å². The molecule has 0 unspecified atom stereocenters. The minimum Gasteiger partial charge on any atom is -0.466 e. The fourth-order valence-corrected chi connectivity index (χ4v) is 4.06. The Kier molecular flexibility index (Phi) is 8.71. The third kappa shape index (κ3) is 6.98. The monoisotopic (exact) mass is 472 g/mol. The number of esters is 2. The molecule has 2 heterocycles. The van der Waals surface area contributed by atoms with Gasteiger partial charge in [0.15, 0.2) is 5.76 Å². The third-order valence-corrected chi connectivity index (χ3v) is 5.77. The number of nitrogens with one attached hydrogen (secondary N) is 1. The van der Waals surface area contributed by atoms with E-state index in [2.05, 4.69) is 10.1 Å². The lowest BCUT2D eigenvalue weighted by Gasteiger charge is -2.19. The molecule has 1 fully saturated rings. The summed E-state index contributed by atoms with van der Waals surface area (Å²) in [5.74, 6) is -1.45. The van der Waals surface area contributed by atoms with Gasteiger partial charge in [0.1, 0.15) is 6.04 Å². The fraction of sp³-hybridized carbons (Fsp3) is 0.304. The lowest BCUT2D eigenvalue weighted by molar-refractivity contribution is -0.146. The zero-order chi connectivity index (χ0) is 23.6. The molecule has 1 atom stereocenters. The van der Waals surface area contributed by atoms with E-state index in [9.17, 15) is 19.2 Å². The topological polar surface area (TPSA) is 115 Å². The van der Waals surface area contributed by atoms with Gasteiger partial charge in [0, 0.05) is 13.0 Å². The summed E-state index contributed by atoms with van der Waals surface area (Å²) in [6, 6.07) is 11.4. The van der Waals surface area contributed by atoms with Crippen molar-refractivity contribution in [3.63, 3.8) is 0 Å². The molecular weight excluding hydrogens is 448 g/mol. The van der Waals surface area contributed by atoms with Gasteiger partial charge in [0.2, 0.25) is 5.91 Å². The van der Waals surface area contributed by atoms with Crippen LogP contribution in [0.4, 0.5) is 0 Å². The van der Waals surface area contributed by atoms with Gasteiger partial charge in [-0.3, -0.25) is 9.59 Å². The summed E-state index contributed by atoms with van der Waals surface area (Å²) >= 11 is 1.25. The number of thioether (sulfide) groups is 1. The molecule has 9 nitrogen and oxygen atoms in total. The Labute approximate surface area is 195 Å². The van der Waals surface area contributed by atoms with Gasteiger partial charge in [-0.2, -0.15) is 0 Å². The first-order valence-corrected chi connectivity index (χ1v) is 11.2. The number of hydrogen-bond donors (Lipinski definition) is 1. The van der Waals surface area contributed by atoms with Gasteiger partial charge >= 0.3 is 11.9 Å². The predicted molar refractivity (Wildman–Crippen MR) is 120 cm³/mol. The SMILES string of the molecule is COC(=O)/C=C1/SCC(=O)N1CCCOC(=O)[C@H](Cc1ccccc1)NC(=O)c1ccco1. The number of furan rings is 1. The highest BCUT2D eigenvalue weighted by molar-refractivity contribution is 8.04. The molecule has 10 heteroatoms. The number of amides is 2. The van der Waals surface area contributed by atoms with E-state index in [1.807, 2.05) is 30.3 Å². The number of nitrogens with zero attached hydrogens (tertiary/aromatic N) is 1. The van der Waals surface area contributed by atoms with Crippen LogP contribution in [0.25, 0.3) is 0 Å². The van der Waals surface area contributed by atoms with Gasteiger partial charge < -0.3 is 24.1 Å². The van der Waals surface area contributed by atoms with Crippen LogP contribution in [-0.2, 0) is 30.3 Å². The molecule has 1 aliphatic heterocycles. The Bertz CT molecular complexity index is 1010. The van der Waals surface area contributed by atoms with E-state index >= 15 is 0 Å². The second kappa shape index (κ2) is 11.9. The summed E-state index contributed by atoms with van der Waals surface area (Å²) in [5.41, 5.74) is 0.858. The summed E-state index contributed by atoms with van der Waals surface area (Å²) < 4.78 is 15.1. The molecule has 0 spiro atoms. The minimum absolute atomic E-state index is 0.0424. The van der Waals surface area contributed by atoms with Crippen molar-refractivity contribution in [1.82, 2.24) is 10.2 Å². The van der Waals surface area contributed by atoms with Crippen molar-refractivity contribution < 1.29 is 33.1 Å². The van der Waals surface area contributed by atoms with Crippen LogP contribution in [0.15, 0.2) is 64.2 Å². The highest BCUT2D eigenvalue weighted by Crippen LogP contribution is 2.28. The second-order valence-corrected chi connectivity index (χ2v) is 8.05. The first-order chi connectivity index (χ1) is 16.0. The number of methoxy groups -OCH3 is 1. The highest BCUT2D eigenvalue weighted by atomic mass is 32.2. The van der Waals surface area contributed by atoms with Crippen molar-refractivity contribution in [2.75, 3.05) is 26.0 Å². The smallest absolute Gasteiger partial charge is 0.333 e. The van der Waals surface area contributed by atoms with E-state index in [0.717, 1.165) is 5.56 Å². The van der Waals surface area contributed by atoms with Crippen LogP contribution in [0.5, 0.6) is 0 Å². The Morgan fingerprint density at radius 3 is 2.70 bits per heavy atom. The van der Waals surface area contributed by atoms with Gasteiger partial charge in [-0.25, -0.2) is 9.59 Å². The molecule has 0 radical (unpaired) electrons. The molecular formula is C23H24N2O7S. The number of carbonyl (C=O) groups excluding carboxylic acids is 4. The number of benzene rings is 1. The maximum Gasteiger partial charge on any atom is 0.333 e. The Hall–Kier alpha value is -3.53. The van der Waals surface area contributed by atoms with E-state index in [1.54, 1.807) is 6.07 Å². The Balaban J connectivity index is 1.56. The van der Waals surface area contributed by atoms with Crippen molar-refractivity contribution in [3.05, 3.63) is 71.2 Å². The zero-order valence-electron chi connectivity index (χ0n) is 18.0. The van der Waals surface area contributed by atoms with Crippen molar-refractivity contribution in [1.29, 1.82) is 0 Å². The summed E-state index contributed by atoms with van der Waals surface area (Å²) in [6.45, 7) is 0.324. The van der Waals surface area contributed by atoms with Crippen LogP contribution in [0.2, 0.25) is 0 Å². The summed E-state index contributed by atoms with van der Waals surface area (Å²) in [6.07, 6.45) is 3.25. The van der Waals surface area contributed by atoms with E-state index in [4.69, 9.17) is 9.15 Å². The molecule has 2 amide bonds. The first-order valence-electron chi connectivity index (χ1n) is 10.3. The van der Waals surface area contributed by atoms with Gasteiger partial charge in [-0.1, -0.05) is 42.1 Å². The zero-order valence-corrected chi connectivity index (χ0v) is 18.8. The van der Waals surface area contributed by atoms with Crippen molar-refractivity contribution >= 4 is 35.5 Å². The molecule has 1 aromatic carbocycles. The lowest BCUT2D eigenvalue weighted by Crippen LogP contribution is -2.43. The minimum atomic E-state index is -0.913. The average Bonchev–Trinajstić information content (AvgIpc) is 3.47. The van der Waals surface area contributed by atoms with Gasteiger partial charge in [-0.05, 0) is 24.1 Å². The summed E-state index contributed by atoms with van der Waals surface area (Å²) in [5, 5.41) is 3.16. The predicted octanol–water partition coefficient (Wildman–Crippen LogP) is 2.14. The highest BCUT2D eigenvalue weighted by Gasteiger charge is 2.28. The van der Waals surface area contributed by atoms with E-state index in [-0.39, 0.29) is 37.0 Å². The number of ether oxygens (including phenoxy) is 2. The number of hydrogen-bond acceptors (Lipinski definition) is 8. The van der Waals surface area contributed by atoms with Crippen molar-refractivity contribution in [2.45, 2.75) is 18.9 Å². The Morgan fingerprint density at radius 1 is 1.21 bits per heavy atom. The quantitative estimate of drug-likeness (QED) is 0.318. The van der Waals surface area contributed by atoms with E-state index in [0.29, 0.717) is 11.4 Å². The maximum atomic E-state index is 12.7. The summed E-state index contributed by atoms with van der Waals surface area (Å²) in [4.78, 5) is 50.2. The normalized spacial score (nSPS) is 15.4. The summed E-state index contributed by atoms with van der Waals surface area (Å²) in [7, 11) is 1.27. The van der Waals surface area contributed by atoms with Crippen LogP contribution >= 0.6 is 11.8 Å². The molecule has 174 valence electrons. The first kappa shape index (κ1) is 24.1. The van der Waals surface area contributed by atoms with Gasteiger partial charge in [-0.15, -0.1) is 0 Å². The van der Waals surface area contributed by atoms with Crippen molar-refractivity contribution in [3.8, 4) is 0 Å². The Morgan fingerprint density at radius 2 is 2.00 bits per heavy atom. The molecule has 1 N–H and O–H groups in total. The second-order valence-electron chi connectivity index (χ2n) is 7.05. The molecule has 3 rings (SSSR count). The molecule has 1 aliphatic rings. The van der Waals surface area contributed by atoms with Gasteiger partial charge in [0.25, 0.3) is 5.91 Å². The number of rotatable bonds is 10. The average molecular weight is 473 g/mol. The van der Waals surface area contributed by atoms with E-state index < -0.39 is 23.9 Å². The molecule has 0 aliphatic carbocycles. The molecule has 0 saturated carbocycles. The third-order valence-electron chi connectivity index (χ3n) is 4.74. The van der Waals surface area contributed by atoms with Crippen LogP contribution < -0.4 is 5.32 Å². The van der Waals surface area contributed by atoms with Crippen LogP contribution in [0.1, 0.15) is 22.5 Å². The maximum absolute atomic E-state index is 12.7. The lowest BCUT2D eigenvalue weighted by atomic mass is 10.1. The van der Waals surface area contributed by atoms with E-state index in [1.165, 1.54) is 42.2 Å². The molecule has 1 saturated heterocycles. The molecule has 33 heavy (non-hydrogen) atoms. The molecule has 2 aromatic rings. The molecule has 0 bridgehead atoms. The fourth-order valence-electron chi connectivity index (χ4n) is 3.10. The molecule has 1 aromatic heterocycles.